The molecule has 0 radical (unpaired) electrons. The minimum atomic E-state index is -2.70. The first kappa shape index (κ1) is 35.5. The maximum atomic E-state index is 5.46. The van der Waals surface area contributed by atoms with Gasteiger partial charge in [0, 0.05) is 16.5 Å². The normalized spacial score (nSPS) is 20.8. The Hall–Kier alpha value is -6.43. The Balaban J connectivity index is 1.04. The minimum absolute atomic E-state index is 0.0116. The molecule has 13 rings (SSSR count). The van der Waals surface area contributed by atoms with Gasteiger partial charge in [-0.25, -0.2) is 4.98 Å². The molecular formula is C55H46N4Si. The zero-order valence-corrected chi connectivity index (χ0v) is 34.6. The predicted molar refractivity (Wildman–Crippen MR) is 247 cm³/mol. The lowest BCUT2D eigenvalue weighted by Gasteiger charge is -2.64. The van der Waals surface area contributed by atoms with Gasteiger partial charge in [0.15, 0.2) is 19.7 Å². The summed E-state index contributed by atoms with van der Waals surface area (Å²) in [5.41, 5.74) is 7.27. The van der Waals surface area contributed by atoms with E-state index in [1.165, 1.54) is 75.4 Å². The number of nitrogens with zero attached hydrogens (tertiary/aromatic N) is 4. The van der Waals surface area contributed by atoms with Crippen molar-refractivity contribution in [1.29, 1.82) is 0 Å². The van der Waals surface area contributed by atoms with Crippen molar-refractivity contribution in [2.24, 2.45) is 23.7 Å². The number of aromatic nitrogens is 3. The van der Waals surface area contributed by atoms with E-state index < -0.39 is 8.07 Å². The first-order valence-electron chi connectivity index (χ1n) is 21.8. The van der Waals surface area contributed by atoms with Crippen LogP contribution in [-0.4, -0.2) is 23.0 Å². The van der Waals surface area contributed by atoms with Crippen molar-refractivity contribution in [2.45, 2.75) is 37.5 Å². The number of fused-ring (bicyclic) bond motifs is 2. The summed E-state index contributed by atoms with van der Waals surface area (Å²) in [7, 11) is -2.70. The number of anilines is 3. The molecule has 1 aromatic heterocycles. The molecule has 0 atom stereocenters. The molecule has 2 heterocycles. The van der Waals surface area contributed by atoms with Gasteiger partial charge in [-0.05, 0) is 99.8 Å². The Morgan fingerprint density at radius 3 is 1.23 bits per heavy atom. The van der Waals surface area contributed by atoms with E-state index in [4.69, 9.17) is 15.0 Å². The molecule has 4 bridgehead atoms. The third kappa shape index (κ3) is 5.31. The van der Waals surface area contributed by atoms with Crippen molar-refractivity contribution in [2.75, 3.05) is 4.90 Å². The molecule has 4 nitrogen and oxygen atoms in total. The largest absolute Gasteiger partial charge is 0.278 e. The summed E-state index contributed by atoms with van der Waals surface area (Å²) in [6.45, 7) is 0. The molecule has 4 saturated carbocycles. The van der Waals surface area contributed by atoms with Crippen LogP contribution in [-0.2, 0) is 5.41 Å². The summed E-state index contributed by atoms with van der Waals surface area (Å²) < 4.78 is 0. The molecule has 5 heteroatoms. The summed E-state index contributed by atoms with van der Waals surface area (Å²) in [6, 6.07) is 71.2. The molecule has 60 heavy (non-hydrogen) atoms. The van der Waals surface area contributed by atoms with Gasteiger partial charge in [0.05, 0.1) is 11.4 Å². The highest BCUT2D eigenvalue weighted by molar-refractivity contribution is 7.19. The van der Waals surface area contributed by atoms with Crippen molar-refractivity contribution in [3.63, 3.8) is 0 Å². The Morgan fingerprint density at radius 2 is 0.767 bits per heavy atom. The fourth-order valence-corrected chi connectivity index (χ4v) is 17.3. The van der Waals surface area contributed by atoms with Crippen LogP contribution in [0.1, 0.15) is 43.2 Å². The highest BCUT2D eigenvalue weighted by Crippen LogP contribution is 2.69. The smallest absolute Gasteiger partial charge is 0.238 e. The molecule has 0 unspecified atom stereocenters. The summed E-state index contributed by atoms with van der Waals surface area (Å²) in [4.78, 5) is 18.4. The van der Waals surface area contributed by atoms with Gasteiger partial charge in [-0.1, -0.05) is 182 Å². The SMILES string of the molecule is c1ccc(-c2nc(-c3ccc([Si](c4ccccc4)(c4ccccc4)c4ccccc4)cc3)nc(N3c4ccccc4C4(c5ccccc53)C3CC5CC(C3)CC4C5)n2)cc1. The molecule has 0 N–H and O–H groups in total. The summed E-state index contributed by atoms with van der Waals surface area (Å²) in [5, 5.41) is 5.36. The van der Waals surface area contributed by atoms with Gasteiger partial charge in [-0.15, -0.1) is 0 Å². The molecule has 290 valence electrons. The second-order valence-corrected chi connectivity index (χ2v) is 21.4. The molecule has 8 aromatic rings. The fourth-order valence-electron chi connectivity index (χ4n) is 12.6. The topological polar surface area (TPSA) is 41.9 Å². The van der Waals surface area contributed by atoms with Crippen LogP contribution in [0.5, 0.6) is 0 Å². The zero-order valence-electron chi connectivity index (χ0n) is 33.6. The quantitative estimate of drug-likeness (QED) is 0.119. The van der Waals surface area contributed by atoms with E-state index in [1.54, 1.807) is 0 Å². The van der Waals surface area contributed by atoms with E-state index in [1.807, 2.05) is 0 Å². The van der Waals surface area contributed by atoms with Gasteiger partial charge >= 0.3 is 0 Å². The second-order valence-electron chi connectivity index (χ2n) is 17.6. The van der Waals surface area contributed by atoms with Crippen molar-refractivity contribution in [1.82, 2.24) is 15.0 Å². The molecule has 0 saturated heterocycles. The van der Waals surface area contributed by atoms with Crippen molar-refractivity contribution in [3.05, 3.63) is 205 Å². The lowest BCUT2D eigenvalue weighted by Crippen LogP contribution is -2.74. The van der Waals surface area contributed by atoms with E-state index in [2.05, 4.69) is 199 Å². The standard InChI is InChI=1S/C55H46N4Si/c1-5-17-40(18-6-1)52-56-53(41-29-31-47(32-30-41)60(44-19-7-2-8-20-44,45-21-9-3-10-22-45)46-23-11-4-12-24-46)58-54(57-52)59-50-27-15-13-25-48(50)55(49-26-14-16-28-51(49)59)42-34-38-33-39(36-42)37-43(55)35-38/h1-32,38-39,42-43H,33-37H2. The van der Waals surface area contributed by atoms with Gasteiger partial charge in [-0.2, -0.15) is 9.97 Å². The lowest BCUT2D eigenvalue weighted by atomic mass is 9.41. The van der Waals surface area contributed by atoms with Crippen LogP contribution in [0.2, 0.25) is 0 Å². The third-order valence-corrected chi connectivity index (χ3v) is 19.5. The molecule has 1 aliphatic heterocycles. The summed E-state index contributed by atoms with van der Waals surface area (Å²) in [6.07, 6.45) is 6.78. The predicted octanol–water partition coefficient (Wildman–Crippen LogP) is 10.1. The first-order chi connectivity index (χ1) is 29.7. The highest BCUT2D eigenvalue weighted by atomic mass is 28.3. The third-order valence-electron chi connectivity index (χ3n) is 14.7. The molecule has 4 fully saturated rings. The summed E-state index contributed by atoms with van der Waals surface area (Å²) >= 11 is 0. The van der Waals surface area contributed by atoms with Crippen LogP contribution >= 0.6 is 0 Å². The number of hydrogen-bond donors (Lipinski definition) is 0. The van der Waals surface area contributed by atoms with E-state index in [-0.39, 0.29) is 5.41 Å². The number of benzene rings is 7. The van der Waals surface area contributed by atoms with Gasteiger partial charge < -0.3 is 0 Å². The van der Waals surface area contributed by atoms with E-state index in [0.717, 1.165) is 23.0 Å². The number of hydrogen-bond acceptors (Lipinski definition) is 4. The van der Waals surface area contributed by atoms with Crippen LogP contribution in [0.3, 0.4) is 0 Å². The molecule has 7 aromatic carbocycles. The van der Waals surface area contributed by atoms with Crippen molar-refractivity contribution < 1.29 is 0 Å². The minimum Gasteiger partial charge on any atom is -0.278 e. The maximum absolute atomic E-state index is 5.46. The summed E-state index contributed by atoms with van der Waals surface area (Å²) in [5.74, 6) is 5.06. The van der Waals surface area contributed by atoms with E-state index in [0.29, 0.717) is 29.4 Å². The first-order valence-corrected chi connectivity index (χ1v) is 23.8. The van der Waals surface area contributed by atoms with Crippen LogP contribution in [0.15, 0.2) is 194 Å². The molecular weight excluding hydrogens is 745 g/mol. The second kappa shape index (κ2) is 14.1. The molecule has 0 amide bonds. The van der Waals surface area contributed by atoms with Gasteiger partial charge in [0.25, 0.3) is 0 Å². The van der Waals surface area contributed by atoms with E-state index in [9.17, 15) is 0 Å². The van der Waals surface area contributed by atoms with Crippen LogP contribution in [0.4, 0.5) is 17.3 Å². The zero-order chi connectivity index (χ0) is 39.7. The molecule has 4 aliphatic carbocycles. The highest BCUT2D eigenvalue weighted by Gasteiger charge is 2.61. The van der Waals surface area contributed by atoms with Crippen molar-refractivity contribution >= 4 is 46.1 Å². The Labute approximate surface area is 353 Å². The molecule has 1 spiro atoms. The van der Waals surface area contributed by atoms with Crippen molar-refractivity contribution in [3.8, 4) is 22.8 Å². The van der Waals surface area contributed by atoms with E-state index >= 15 is 0 Å². The maximum Gasteiger partial charge on any atom is 0.238 e. The number of para-hydroxylation sites is 2. The number of rotatable bonds is 7. The van der Waals surface area contributed by atoms with Crippen LogP contribution in [0, 0.1) is 23.7 Å². The molecule has 5 aliphatic rings. The van der Waals surface area contributed by atoms with Gasteiger partial charge in [-0.3, -0.25) is 4.90 Å². The average Bonchev–Trinajstić information content (AvgIpc) is 3.32. The lowest BCUT2D eigenvalue weighted by molar-refractivity contribution is -0.0419. The van der Waals surface area contributed by atoms with Crippen LogP contribution in [0.25, 0.3) is 22.8 Å². The average molecular weight is 791 g/mol. The van der Waals surface area contributed by atoms with Gasteiger partial charge in [0.2, 0.25) is 5.95 Å². The Kier molecular flexibility index (Phi) is 8.34. The van der Waals surface area contributed by atoms with Crippen LogP contribution < -0.4 is 25.6 Å². The fraction of sp³-hybridized carbons (Fsp3) is 0.182. The Morgan fingerprint density at radius 1 is 0.383 bits per heavy atom. The monoisotopic (exact) mass is 790 g/mol. The van der Waals surface area contributed by atoms with Gasteiger partial charge in [0.1, 0.15) is 0 Å². The Bertz CT molecular complexity index is 2650.